The van der Waals surface area contributed by atoms with Gasteiger partial charge in [-0.05, 0) is 79.7 Å². The highest BCUT2D eigenvalue weighted by Crippen LogP contribution is 2.37. The second-order valence-electron chi connectivity index (χ2n) is 8.48. The fourth-order valence-electron chi connectivity index (χ4n) is 3.92. The third-order valence-corrected chi connectivity index (χ3v) is 6.22. The molecule has 1 aliphatic heterocycles. The van der Waals surface area contributed by atoms with Crippen molar-refractivity contribution in [3.8, 4) is 0 Å². The first-order valence-electron chi connectivity index (χ1n) is 9.68. The van der Waals surface area contributed by atoms with Gasteiger partial charge in [0, 0.05) is 0 Å². The van der Waals surface area contributed by atoms with Crippen LogP contribution in [0.25, 0.3) is 27.6 Å². The van der Waals surface area contributed by atoms with Crippen LogP contribution in [0.3, 0.4) is 0 Å². The predicted octanol–water partition coefficient (Wildman–Crippen LogP) is 5.63. The molecule has 0 spiro atoms. The lowest BCUT2D eigenvalue weighted by Crippen LogP contribution is -2.41. The maximum Gasteiger partial charge on any atom is 0.494 e. The average Bonchev–Trinajstić information content (AvgIpc) is 2.86. The molecular formula is C24H27BO2. The van der Waals surface area contributed by atoms with E-state index in [0.717, 1.165) is 5.46 Å². The molecule has 4 rings (SSSR count). The molecule has 3 aromatic rings. The zero-order valence-electron chi connectivity index (χ0n) is 17.1. The molecule has 3 heteroatoms. The fraction of sp³-hybridized carbons (Fsp3) is 0.333. The van der Waals surface area contributed by atoms with Crippen LogP contribution in [-0.4, -0.2) is 18.3 Å². The SMILES string of the molecule is CC=Cc1c(C)c2ccccc2c2cc(B3OC(C)(C)C(C)(C)O3)ccc12. The molecule has 1 fully saturated rings. The van der Waals surface area contributed by atoms with Crippen LogP contribution in [0.1, 0.15) is 45.7 Å². The molecule has 0 amide bonds. The number of hydrogen-bond acceptors (Lipinski definition) is 2. The van der Waals surface area contributed by atoms with Crippen LogP contribution in [0.5, 0.6) is 0 Å². The van der Waals surface area contributed by atoms with Crippen LogP contribution in [0.4, 0.5) is 0 Å². The molecule has 3 aromatic carbocycles. The maximum absolute atomic E-state index is 6.28. The molecule has 0 unspecified atom stereocenters. The summed E-state index contributed by atoms with van der Waals surface area (Å²) in [5.74, 6) is 0. The van der Waals surface area contributed by atoms with Crippen molar-refractivity contribution in [1.29, 1.82) is 0 Å². The van der Waals surface area contributed by atoms with Crippen molar-refractivity contribution in [2.45, 2.75) is 52.7 Å². The quantitative estimate of drug-likeness (QED) is 0.436. The number of benzene rings is 3. The first-order chi connectivity index (χ1) is 12.7. The van der Waals surface area contributed by atoms with Gasteiger partial charge >= 0.3 is 7.12 Å². The summed E-state index contributed by atoms with van der Waals surface area (Å²) < 4.78 is 12.6. The van der Waals surface area contributed by atoms with Gasteiger partial charge in [-0.3, -0.25) is 0 Å². The summed E-state index contributed by atoms with van der Waals surface area (Å²) in [6.07, 6.45) is 4.32. The van der Waals surface area contributed by atoms with Crippen molar-refractivity contribution in [2.24, 2.45) is 0 Å². The first kappa shape index (κ1) is 18.3. The minimum absolute atomic E-state index is 0.335. The van der Waals surface area contributed by atoms with E-state index >= 15 is 0 Å². The molecule has 0 aliphatic carbocycles. The van der Waals surface area contributed by atoms with E-state index in [1.807, 2.05) is 0 Å². The lowest BCUT2D eigenvalue weighted by Gasteiger charge is -2.32. The topological polar surface area (TPSA) is 18.5 Å². The monoisotopic (exact) mass is 358 g/mol. The number of hydrogen-bond donors (Lipinski definition) is 0. The maximum atomic E-state index is 6.28. The standard InChI is InChI=1S/C24H27BO2/c1-7-10-18-16(2)19-11-8-9-12-20(19)22-15-17(13-14-21(18)22)25-26-23(3,4)24(5,6)27-25/h7-15H,1-6H3. The molecule has 0 atom stereocenters. The summed E-state index contributed by atoms with van der Waals surface area (Å²) in [7, 11) is -0.343. The van der Waals surface area contributed by atoms with E-state index in [-0.39, 0.29) is 18.3 Å². The van der Waals surface area contributed by atoms with Gasteiger partial charge in [0.05, 0.1) is 11.2 Å². The van der Waals surface area contributed by atoms with Crippen LogP contribution in [-0.2, 0) is 9.31 Å². The molecule has 0 bridgehead atoms. The van der Waals surface area contributed by atoms with E-state index < -0.39 is 0 Å². The molecule has 0 aromatic heterocycles. The molecule has 1 saturated heterocycles. The third-order valence-electron chi connectivity index (χ3n) is 6.22. The normalized spacial score (nSPS) is 18.8. The minimum atomic E-state index is -0.343. The average molecular weight is 358 g/mol. The Kier molecular flexibility index (Phi) is 4.21. The molecule has 138 valence electrons. The summed E-state index contributed by atoms with van der Waals surface area (Å²) in [6, 6.07) is 15.2. The summed E-state index contributed by atoms with van der Waals surface area (Å²) in [5, 5.41) is 5.09. The molecule has 0 radical (unpaired) electrons. The number of fused-ring (bicyclic) bond motifs is 3. The van der Waals surface area contributed by atoms with E-state index in [1.165, 1.54) is 32.7 Å². The first-order valence-corrected chi connectivity index (χ1v) is 9.68. The molecule has 27 heavy (non-hydrogen) atoms. The largest absolute Gasteiger partial charge is 0.494 e. The van der Waals surface area contributed by atoms with Gasteiger partial charge in [-0.1, -0.05) is 54.6 Å². The van der Waals surface area contributed by atoms with Gasteiger partial charge in [0.15, 0.2) is 0 Å². The lowest BCUT2D eigenvalue weighted by atomic mass is 9.77. The second kappa shape index (κ2) is 6.22. The highest BCUT2D eigenvalue weighted by molar-refractivity contribution is 6.62. The number of allylic oxidation sites excluding steroid dienone is 1. The van der Waals surface area contributed by atoms with Crippen LogP contribution in [0.2, 0.25) is 0 Å². The van der Waals surface area contributed by atoms with Gasteiger partial charge in [-0.25, -0.2) is 0 Å². The van der Waals surface area contributed by atoms with Crippen LogP contribution >= 0.6 is 0 Å². The van der Waals surface area contributed by atoms with E-state index in [2.05, 4.69) is 96.2 Å². The number of rotatable bonds is 2. The zero-order chi connectivity index (χ0) is 19.4. The lowest BCUT2D eigenvalue weighted by molar-refractivity contribution is 0.00578. The highest BCUT2D eigenvalue weighted by Gasteiger charge is 2.51. The van der Waals surface area contributed by atoms with Gasteiger partial charge < -0.3 is 9.31 Å². The van der Waals surface area contributed by atoms with Crippen LogP contribution in [0.15, 0.2) is 48.5 Å². The van der Waals surface area contributed by atoms with Gasteiger partial charge in [-0.2, -0.15) is 0 Å². The molecule has 1 heterocycles. The Bertz CT molecular complexity index is 1050. The van der Waals surface area contributed by atoms with E-state index in [9.17, 15) is 0 Å². The molecule has 0 N–H and O–H groups in total. The summed E-state index contributed by atoms with van der Waals surface area (Å²) >= 11 is 0. The van der Waals surface area contributed by atoms with Gasteiger partial charge in [0.25, 0.3) is 0 Å². The van der Waals surface area contributed by atoms with Crippen molar-refractivity contribution >= 4 is 40.2 Å². The van der Waals surface area contributed by atoms with E-state index in [4.69, 9.17) is 9.31 Å². The van der Waals surface area contributed by atoms with Gasteiger partial charge in [0.2, 0.25) is 0 Å². The Balaban J connectivity index is 1.95. The smallest absolute Gasteiger partial charge is 0.399 e. The summed E-state index contributed by atoms with van der Waals surface area (Å²) in [5.41, 5.74) is 3.00. The van der Waals surface area contributed by atoms with Crippen LogP contribution in [0, 0.1) is 6.92 Å². The Morgan fingerprint density at radius 1 is 0.815 bits per heavy atom. The minimum Gasteiger partial charge on any atom is -0.399 e. The van der Waals surface area contributed by atoms with Crippen molar-refractivity contribution in [2.75, 3.05) is 0 Å². The summed E-state index contributed by atoms with van der Waals surface area (Å²) in [4.78, 5) is 0. The molecule has 1 aliphatic rings. The van der Waals surface area contributed by atoms with Gasteiger partial charge in [-0.15, -0.1) is 0 Å². The Labute approximate surface area is 162 Å². The highest BCUT2D eigenvalue weighted by atomic mass is 16.7. The predicted molar refractivity (Wildman–Crippen MR) is 117 cm³/mol. The van der Waals surface area contributed by atoms with E-state index in [0.29, 0.717) is 0 Å². The van der Waals surface area contributed by atoms with Crippen molar-refractivity contribution in [3.63, 3.8) is 0 Å². The zero-order valence-corrected chi connectivity index (χ0v) is 17.1. The Morgan fingerprint density at radius 3 is 2.07 bits per heavy atom. The number of aryl methyl sites for hydroxylation is 1. The van der Waals surface area contributed by atoms with Gasteiger partial charge in [0.1, 0.15) is 0 Å². The molecule has 0 saturated carbocycles. The third kappa shape index (κ3) is 2.81. The van der Waals surface area contributed by atoms with Crippen LogP contribution < -0.4 is 5.46 Å². The molecular weight excluding hydrogens is 331 g/mol. The van der Waals surface area contributed by atoms with Crippen molar-refractivity contribution < 1.29 is 9.31 Å². The van der Waals surface area contributed by atoms with Crippen molar-refractivity contribution in [3.05, 3.63) is 59.7 Å². The summed E-state index contributed by atoms with van der Waals surface area (Å²) in [6.45, 7) is 12.7. The Hall–Kier alpha value is -2.10. The molecule has 2 nitrogen and oxygen atoms in total. The fourth-order valence-corrected chi connectivity index (χ4v) is 3.92. The van der Waals surface area contributed by atoms with Crippen molar-refractivity contribution in [1.82, 2.24) is 0 Å². The Morgan fingerprint density at radius 2 is 1.44 bits per heavy atom. The second-order valence-corrected chi connectivity index (χ2v) is 8.48. The van der Waals surface area contributed by atoms with E-state index in [1.54, 1.807) is 0 Å².